The summed E-state index contributed by atoms with van der Waals surface area (Å²) in [6, 6.07) is 11.3. The fourth-order valence-electron chi connectivity index (χ4n) is 1.80. The highest BCUT2D eigenvalue weighted by Gasteiger charge is 2.24. The second kappa shape index (κ2) is 6.80. The Labute approximate surface area is 134 Å². The van der Waals surface area contributed by atoms with E-state index in [0.29, 0.717) is 11.3 Å². The highest BCUT2D eigenvalue weighted by Crippen LogP contribution is 2.21. The molecule has 0 radical (unpaired) electrons. The summed E-state index contributed by atoms with van der Waals surface area (Å²) in [6.45, 7) is 3.04. The predicted molar refractivity (Wildman–Crippen MR) is 84.7 cm³/mol. The molecule has 23 heavy (non-hydrogen) atoms. The van der Waals surface area contributed by atoms with Gasteiger partial charge in [0, 0.05) is 6.07 Å². The molecule has 2 N–H and O–H groups in total. The Bertz CT molecular complexity index is 802. The molecule has 0 aromatic heterocycles. The molecule has 1 atom stereocenters. The predicted octanol–water partition coefficient (Wildman–Crippen LogP) is 1.97. The van der Waals surface area contributed by atoms with Crippen molar-refractivity contribution < 1.29 is 23.1 Å². The molecule has 0 aliphatic heterocycles. The van der Waals surface area contributed by atoms with Crippen molar-refractivity contribution in [3.05, 3.63) is 54.1 Å². The largest absolute Gasteiger partial charge is 0.508 e. The standard InChI is InChI=1S/C16H17NO5S/c1-11-8-9-14(10-15(11)18)23(20,21)17-12(2)16(19)22-13-6-4-3-5-7-13/h3-10,12,17-18H,1-2H3/t12-/m0/s1. The summed E-state index contributed by atoms with van der Waals surface area (Å²) in [4.78, 5) is 11.8. The van der Waals surface area contributed by atoms with Crippen LogP contribution in [0.2, 0.25) is 0 Å². The van der Waals surface area contributed by atoms with E-state index in [2.05, 4.69) is 4.72 Å². The topological polar surface area (TPSA) is 92.7 Å². The van der Waals surface area contributed by atoms with Crippen LogP contribution in [0.4, 0.5) is 0 Å². The molecule has 0 fully saturated rings. The van der Waals surface area contributed by atoms with Crippen LogP contribution >= 0.6 is 0 Å². The van der Waals surface area contributed by atoms with Gasteiger partial charge < -0.3 is 9.84 Å². The second-order valence-corrected chi connectivity index (χ2v) is 6.74. The lowest BCUT2D eigenvalue weighted by Crippen LogP contribution is -2.40. The molecule has 0 bridgehead atoms. The van der Waals surface area contributed by atoms with Gasteiger partial charge in [-0.2, -0.15) is 4.72 Å². The van der Waals surface area contributed by atoms with Crippen LogP contribution in [0.5, 0.6) is 11.5 Å². The van der Waals surface area contributed by atoms with Gasteiger partial charge in [-0.05, 0) is 37.6 Å². The van der Waals surface area contributed by atoms with Crippen molar-refractivity contribution in [3.8, 4) is 11.5 Å². The number of rotatable bonds is 5. The van der Waals surface area contributed by atoms with Crippen molar-refractivity contribution in [1.29, 1.82) is 0 Å². The van der Waals surface area contributed by atoms with Crippen molar-refractivity contribution in [2.45, 2.75) is 24.8 Å². The number of aryl methyl sites for hydroxylation is 1. The highest BCUT2D eigenvalue weighted by molar-refractivity contribution is 7.89. The van der Waals surface area contributed by atoms with E-state index in [1.807, 2.05) is 0 Å². The van der Waals surface area contributed by atoms with Gasteiger partial charge in [0.05, 0.1) is 4.90 Å². The summed E-state index contributed by atoms with van der Waals surface area (Å²) in [5.74, 6) is -0.528. The molecule has 122 valence electrons. The first-order chi connectivity index (χ1) is 10.8. The van der Waals surface area contributed by atoms with Crippen LogP contribution < -0.4 is 9.46 Å². The van der Waals surface area contributed by atoms with Gasteiger partial charge in [0.15, 0.2) is 0 Å². The number of ether oxygens (including phenoxy) is 1. The van der Waals surface area contributed by atoms with Crippen LogP contribution in [0.3, 0.4) is 0 Å². The quantitative estimate of drug-likeness (QED) is 0.644. The third-order valence-corrected chi connectivity index (χ3v) is 4.68. The third kappa shape index (κ3) is 4.30. The minimum absolute atomic E-state index is 0.125. The van der Waals surface area contributed by atoms with Crippen molar-refractivity contribution in [2.75, 3.05) is 0 Å². The SMILES string of the molecule is Cc1ccc(S(=O)(=O)N[C@@H](C)C(=O)Oc2ccccc2)cc1O. The first-order valence-electron chi connectivity index (χ1n) is 6.88. The first-order valence-corrected chi connectivity index (χ1v) is 8.36. The number of nitrogens with one attached hydrogen (secondary N) is 1. The van der Waals surface area contributed by atoms with Crippen LogP contribution in [0.1, 0.15) is 12.5 Å². The Morgan fingerprint density at radius 2 is 1.83 bits per heavy atom. The second-order valence-electron chi connectivity index (χ2n) is 5.03. The lowest BCUT2D eigenvalue weighted by molar-refractivity contribution is -0.135. The van der Waals surface area contributed by atoms with E-state index in [-0.39, 0.29) is 10.6 Å². The summed E-state index contributed by atoms with van der Waals surface area (Å²) >= 11 is 0. The third-order valence-electron chi connectivity index (χ3n) is 3.14. The maximum Gasteiger partial charge on any atom is 0.329 e. The van der Waals surface area contributed by atoms with Crippen molar-refractivity contribution in [3.63, 3.8) is 0 Å². The number of phenols is 1. The van der Waals surface area contributed by atoms with Gasteiger partial charge in [-0.15, -0.1) is 0 Å². The molecule has 0 saturated heterocycles. The van der Waals surface area contributed by atoms with Crippen LogP contribution in [0, 0.1) is 6.92 Å². The van der Waals surface area contributed by atoms with E-state index in [4.69, 9.17) is 4.74 Å². The number of hydrogen-bond donors (Lipinski definition) is 2. The molecule has 0 spiro atoms. The Morgan fingerprint density at radius 1 is 1.17 bits per heavy atom. The first kappa shape index (κ1) is 17.0. The Kier molecular flexibility index (Phi) is 5.02. The molecule has 0 aliphatic rings. The van der Waals surface area contributed by atoms with Crippen LogP contribution in [0.25, 0.3) is 0 Å². The van der Waals surface area contributed by atoms with E-state index in [1.54, 1.807) is 37.3 Å². The van der Waals surface area contributed by atoms with Gasteiger partial charge in [0.2, 0.25) is 10.0 Å². The fraction of sp³-hybridized carbons (Fsp3) is 0.188. The molecule has 2 aromatic carbocycles. The molecule has 0 saturated carbocycles. The lowest BCUT2D eigenvalue weighted by Gasteiger charge is -2.14. The van der Waals surface area contributed by atoms with Gasteiger partial charge in [-0.3, -0.25) is 0 Å². The van der Waals surface area contributed by atoms with E-state index in [1.165, 1.54) is 19.1 Å². The zero-order valence-electron chi connectivity index (χ0n) is 12.7. The molecule has 0 heterocycles. The van der Waals surface area contributed by atoms with E-state index < -0.39 is 22.0 Å². The Hall–Kier alpha value is -2.38. The summed E-state index contributed by atoms with van der Waals surface area (Å²) in [7, 11) is -3.95. The number of benzene rings is 2. The van der Waals surface area contributed by atoms with E-state index >= 15 is 0 Å². The number of sulfonamides is 1. The van der Waals surface area contributed by atoms with Crippen LogP contribution in [0.15, 0.2) is 53.4 Å². The normalized spacial score (nSPS) is 12.6. The minimum Gasteiger partial charge on any atom is -0.508 e. The molecule has 0 amide bonds. The molecule has 7 heteroatoms. The van der Waals surface area contributed by atoms with Gasteiger partial charge in [-0.1, -0.05) is 24.3 Å². The lowest BCUT2D eigenvalue weighted by atomic mass is 10.2. The van der Waals surface area contributed by atoms with E-state index in [9.17, 15) is 18.3 Å². The monoisotopic (exact) mass is 335 g/mol. The van der Waals surface area contributed by atoms with Crippen molar-refractivity contribution in [2.24, 2.45) is 0 Å². The summed E-state index contributed by atoms with van der Waals surface area (Å²) < 4.78 is 31.8. The van der Waals surface area contributed by atoms with Crippen molar-refractivity contribution >= 4 is 16.0 Å². The number of para-hydroxylation sites is 1. The van der Waals surface area contributed by atoms with Gasteiger partial charge in [0.25, 0.3) is 0 Å². The zero-order valence-corrected chi connectivity index (χ0v) is 13.5. The Balaban J connectivity index is 2.10. The average Bonchev–Trinajstić information content (AvgIpc) is 2.50. The minimum atomic E-state index is -3.95. The van der Waals surface area contributed by atoms with Gasteiger partial charge in [0.1, 0.15) is 17.5 Å². The molecule has 0 unspecified atom stereocenters. The van der Waals surface area contributed by atoms with E-state index in [0.717, 1.165) is 6.07 Å². The summed E-state index contributed by atoms with van der Waals surface area (Å²) in [5.41, 5.74) is 0.556. The van der Waals surface area contributed by atoms with Gasteiger partial charge in [-0.25, -0.2) is 13.2 Å². The number of hydrogen-bond acceptors (Lipinski definition) is 5. The highest BCUT2D eigenvalue weighted by atomic mass is 32.2. The Morgan fingerprint density at radius 3 is 2.43 bits per heavy atom. The molecular formula is C16H17NO5S. The average molecular weight is 335 g/mol. The maximum atomic E-state index is 12.2. The summed E-state index contributed by atoms with van der Waals surface area (Å²) in [5, 5.41) is 9.62. The number of aromatic hydroxyl groups is 1. The van der Waals surface area contributed by atoms with Crippen LogP contribution in [-0.4, -0.2) is 25.5 Å². The molecule has 0 aliphatic carbocycles. The summed E-state index contributed by atoms with van der Waals surface area (Å²) in [6.07, 6.45) is 0. The number of carbonyl (C=O) groups excluding carboxylic acids is 1. The molecular weight excluding hydrogens is 318 g/mol. The molecule has 6 nitrogen and oxygen atoms in total. The smallest absolute Gasteiger partial charge is 0.329 e. The number of carbonyl (C=O) groups is 1. The molecule has 2 rings (SSSR count). The van der Waals surface area contributed by atoms with Gasteiger partial charge >= 0.3 is 5.97 Å². The molecule has 2 aromatic rings. The van der Waals surface area contributed by atoms with Crippen LogP contribution in [-0.2, 0) is 14.8 Å². The van der Waals surface area contributed by atoms with Crippen molar-refractivity contribution in [1.82, 2.24) is 4.72 Å². The number of esters is 1. The zero-order chi connectivity index (χ0) is 17.0. The maximum absolute atomic E-state index is 12.2. The number of phenolic OH excluding ortho intramolecular Hbond substituents is 1. The fourth-order valence-corrected chi connectivity index (χ4v) is 3.01.